The van der Waals surface area contributed by atoms with E-state index in [-0.39, 0.29) is 11.2 Å². The first-order valence-corrected chi connectivity index (χ1v) is 7.36. The van der Waals surface area contributed by atoms with Crippen molar-refractivity contribution >= 4 is 33.6 Å². The molecule has 2 atom stereocenters. The van der Waals surface area contributed by atoms with Crippen LogP contribution < -0.4 is 5.32 Å². The lowest BCUT2D eigenvalue weighted by Gasteiger charge is -2.21. The summed E-state index contributed by atoms with van der Waals surface area (Å²) >= 11 is 5.21. The van der Waals surface area contributed by atoms with Gasteiger partial charge in [-0.05, 0) is 24.5 Å². The molecule has 0 radical (unpaired) electrons. The van der Waals surface area contributed by atoms with Gasteiger partial charge in [-0.15, -0.1) is 11.8 Å². The van der Waals surface area contributed by atoms with Gasteiger partial charge < -0.3 is 5.32 Å². The average molecular weight is 280 g/mol. The molecule has 0 aromatic heterocycles. The van der Waals surface area contributed by atoms with Crippen LogP contribution in [0.4, 0.5) is 0 Å². The molecule has 2 unspecified atom stereocenters. The summed E-state index contributed by atoms with van der Waals surface area (Å²) in [4.78, 5) is 11.7. The summed E-state index contributed by atoms with van der Waals surface area (Å²) in [7, 11) is 0. The quantitative estimate of drug-likeness (QED) is 0.801. The lowest BCUT2D eigenvalue weighted by molar-refractivity contribution is -0.120. The van der Waals surface area contributed by atoms with Crippen LogP contribution in [0.1, 0.15) is 26.2 Å². The van der Waals surface area contributed by atoms with Gasteiger partial charge in [-0.3, -0.25) is 4.79 Å². The molecule has 2 nitrogen and oxygen atoms in total. The SMILES string of the molecule is CC(CBr)CNC(=O)C1CCCCS1. The third-order valence-corrected chi connectivity index (χ3v) is 4.84. The normalized spacial score (nSPS) is 24.3. The van der Waals surface area contributed by atoms with E-state index in [1.807, 2.05) is 0 Å². The van der Waals surface area contributed by atoms with Crippen molar-refractivity contribution in [2.45, 2.75) is 31.4 Å². The molecule has 0 aromatic rings. The largest absolute Gasteiger partial charge is 0.355 e. The van der Waals surface area contributed by atoms with Crippen molar-refractivity contribution < 1.29 is 4.79 Å². The summed E-state index contributed by atoms with van der Waals surface area (Å²) in [5.74, 6) is 1.90. The lowest BCUT2D eigenvalue weighted by atomic mass is 10.1. The number of carbonyl (C=O) groups excluding carboxylic acids is 1. The van der Waals surface area contributed by atoms with Gasteiger partial charge in [0.25, 0.3) is 0 Å². The zero-order valence-corrected chi connectivity index (χ0v) is 11.0. The molecular formula is C10H18BrNOS. The van der Waals surface area contributed by atoms with E-state index in [2.05, 4.69) is 28.2 Å². The molecule has 1 aliphatic rings. The Kier molecular flexibility index (Phi) is 5.94. The zero-order valence-electron chi connectivity index (χ0n) is 8.59. The van der Waals surface area contributed by atoms with Crippen LogP contribution >= 0.6 is 27.7 Å². The highest BCUT2D eigenvalue weighted by molar-refractivity contribution is 9.09. The molecule has 1 amide bonds. The molecule has 1 heterocycles. The van der Waals surface area contributed by atoms with Crippen LogP contribution in [0.15, 0.2) is 0 Å². The van der Waals surface area contributed by atoms with Crippen molar-refractivity contribution in [1.82, 2.24) is 5.32 Å². The molecular weight excluding hydrogens is 262 g/mol. The highest BCUT2D eigenvalue weighted by atomic mass is 79.9. The van der Waals surface area contributed by atoms with Crippen molar-refractivity contribution in [3.05, 3.63) is 0 Å². The molecule has 0 bridgehead atoms. The number of hydrogen-bond donors (Lipinski definition) is 1. The van der Waals surface area contributed by atoms with Crippen LogP contribution in [-0.4, -0.2) is 28.8 Å². The van der Waals surface area contributed by atoms with Crippen LogP contribution in [0.5, 0.6) is 0 Å². The molecule has 0 saturated carbocycles. The fourth-order valence-electron chi connectivity index (χ4n) is 1.39. The fourth-order valence-corrected chi connectivity index (χ4v) is 2.84. The predicted octanol–water partition coefficient (Wildman–Crippen LogP) is 2.42. The number of halogens is 1. The lowest BCUT2D eigenvalue weighted by Crippen LogP contribution is -2.36. The van der Waals surface area contributed by atoms with Crippen molar-refractivity contribution in [2.75, 3.05) is 17.6 Å². The second-order valence-electron chi connectivity index (χ2n) is 3.86. The van der Waals surface area contributed by atoms with Gasteiger partial charge in [-0.25, -0.2) is 0 Å². The minimum atomic E-state index is 0.214. The summed E-state index contributed by atoms with van der Waals surface area (Å²) in [5.41, 5.74) is 0. The number of alkyl halides is 1. The molecule has 1 saturated heterocycles. The average Bonchev–Trinajstić information content (AvgIpc) is 2.26. The number of rotatable bonds is 4. The Bertz CT molecular complexity index is 183. The summed E-state index contributed by atoms with van der Waals surface area (Å²) in [5, 5.41) is 4.18. The molecule has 4 heteroatoms. The first kappa shape index (κ1) is 12.4. The predicted molar refractivity (Wildman–Crippen MR) is 66.1 cm³/mol. The standard InChI is InChI=1S/C10H18BrNOS/c1-8(6-11)7-12-10(13)9-4-2-3-5-14-9/h8-9H,2-7H2,1H3,(H,12,13). The molecule has 1 fully saturated rings. The van der Waals surface area contributed by atoms with Crippen LogP contribution in [0.3, 0.4) is 0 Å². The maximum Gasteiger partial charge on any atom is 0.233 e. The highest BCUT2D eigenvalue weighted by Crippen LogP contribution is 2.24. The Morgan fingerprint density at radius 3 is 3.00 bits per heavy atom. The first-order valence-electron chi connectivity index (χ1n) is 5.19. The van der Waals surface area contributed by atoms with Gasteiger partial charge in [0, 0.05) is 11.9 Å². The number of thioether (sulfide) groups is 1. The van der Waals surface area contributed by atoms with E-state index < -0.39 is 0 Å². The van der Waals surface area contributed by atoms with Crippen LogP contribution in [0.2, 0.25) is 0 Å². The molecule has 82 valence electrons. The van der Waals surface area contributed by atoms with Crippen LogP contribution in [0, 0.1) is 5.92 Å². The second-order valence-corrected chi connectivity index (χ2v) is 5.82. The maximum atomic E-state index is 11.7. The number of carbonyl (C=O) groups is 1. The molecule has 1 rings (SSSR count). The third kappa shape index (κ3) is 4.22. The van der Waals surface area contributed by atoms with Crippen molar-refractivity contribution in [1.29, 1.82) is 0 Å². The van der Waals surface area contributed by atoms with Gasteiger partial charge in [0.1, 0.15) is 0 Å². The van der Waals surface area contributed by atoms with Gasteiger partial charge >= 0.3 is 0 Å². The van der Waals surface area contributed by atoms with Gasteiger partial charge in [0.2, 0.25) is 5.91 Å². The minimum Gasteiger partial charge on any atom is -0.355 e. The summed E-state index contributed by atoms with van der Waals surface area (Å²) in [6, 6.07) is 0. The Hall–Kier alpha value is 0.300. The van der Waals surface area contributed by atoms with Crippen LogP contribution in [0.25, 0.3) is 0 Å². The zero-order chi connectivity index (χ0) is 10.4. The van der Waals surface area contributed by atoms with Crippen LogP contribution in [-0.2, 0) is 4.79 Å². The van der Waals surface area contributed by atoms with E-state index in [9.17, 15) is 4.79 Å². The fraction of sp³-hybridized carbons (Fsp3) is 0.900. The van der Waals surface area contributed by atoms with E-state index in [4.69, 9.17) is 0 Å². The van der Waals surface area contributed by atoms with E-state index >= 15 is 0 Å². The molecule has 0 spiro atoms. The monoisotopic (exact) mass is 279 g/mol. The Labute approximate surface area is 98.7 Å². The van der Waals surface area contributed by atoms with Gasteiger partial charge in [-0.2, -0.15) is 0 Å². The second kappa shape index (κ2) is 6.72. The van der Waals surface area contributed by atoms with Gasteiger partial charge in [-0.1, -0.05) is 29.3 Å². The highest BCUT2D eigenvalue weighted by Gasteiger charge is 2.21. The molecule has 0 aromatic carbocycles. The molecule has 1 N–H and O–H groups in total. The molecule has 1 aliphatic heterocycles. The van der Waals surface area contributed by atoms with Gasteiger partial charge in [0.15, 0.2) is 0 Å². The smallest absolute Gasteiger partial charge is 0.233 e. The Balaban J connectivity index is 2.19. The topological polar surface area (TPSA) is 29.1 Å². The number of nitrogens with one attached hydrogen (secondary N) is 1. The third-order valence-electron chi connectivity index (χ3n) is 2.36. The first-order chi connectivity index (χ1) is 6.74. The van der Waals surface area contributed by atoms with E-state index in [1.54, 1.807) is 11.8 Å². The van der Waals surface area contributed by atoms with Crippen molar-refractivity contribution in [2.24, 2.45) is 5.92 Å². The van der Waals surface area contributed by atoms with E-state index in [0.717, 1.165) is 24.0 Å². The number of amides is 1. The molecule has 0 aliphatic carbocycles. The summed E-state index contributed by atoms with van der Waals surface area (Å²) in [6.45, 7) is 2.92. The Morgan fingerprint density at radius 1 is 1.64 bits per heavy atom. The van der Waals surface area contributed by atoms with E-state index in [1.165, 1.54) is 12.8 Å². The Morgan fingerprint density at radius 2 is 2.43 bits per heavy atom. The molecule has 14 heavy (non-hydrogen) atoms. The van der Waals surface area contributed by atoms with Crippen molar-refractivity contribution in [3.63, 3.8) is 0 Å². The van der Waals surface area contributed by atoms with Gasteiger partial charge in [0.05, 0.1) is 5.25 Å². The summed E-state index contributed by atoms with van der Waals surface area (Å²) in [6.07, 6.45) is 3.53. The van der Waals surface area contributed by atoms with E-state index in [0.29, 0.717) is 5.92 Å². The minimum absolute atomic E-state index is 0.214. The summed E-state index contributed by atoms with van der Waals surface area (Å²) < 4.78 is 0. The van der Waals surface area contributed by atoms with Crippen molar-refractivity contribution in [3.8, 4) is 0 Å². The number of hydrogen-bond acceptors (Lipinski definition) is 2. The maximum absolute atomic E-state index is 11.7.